The molecule has 1 saturated heterocycles. The number of nitrogens with zero attached hydrogens (tertiary/aromatic N) is 2. The first-order chi connectivity index (χ1) is 18.9. The number of nitrogens with two attached hydrogens (primary N) is 2. The number of aromatic hydroxyl groups is 1. The number of benzene rings is 2. The van der Waals surface area contributed by atoms with Crippen molar-refractivity contribution in [3.63, 3.8) is 0 Å². The molecule has 210 valence electrons. The third-order valence-electron chi connectivity index (χ3n) is 9.12. The van der Waals surface area contributed by atoms with E-state index in [4.69, 9.17) is 11.5 Å². The molecule has 4 atom stereocenters. The van der Waals surface area contributed by atoms with Crippen LogP contribution in [0.15, 0.2) is 41.2 Å². The van der Waals surface area contributed by atoms with Crippen LogP contribution >= 0.6 is 0 Å². The molecule has 0 spiro atoms. The molecule has 11 heteroatoms. The van der Waals surface area contributed by atoms with Gasteiger partial charge in [0.15, 0.2) is 11.4 Å². The summed E-state index contributed by atoms with van der Waals surface area (Å²) in [6.07, 6.45) is 0.209. The van der Waals surface area contributed by atoms with Crippen LogP contribution in [-0.2, 0) is 27.3 Å². The highest BCUT2D eigenvalue weighted by molar-refractivity contribution is 6.24. The Morgan fingerprint density at radius 2 is 1.80 bits per heavy atom. The van der Waals surface area contributed by atoms with Gasteiger partial charge in [-0.15, -0.1) is 0 Å². The summed E-state index contributed by atoms with van der Waals surface area (Å²) < 4.78 is 0. The minimum absolute atomic E-state index is 0.0210. The molecule has 2 fully saturated rings. The Balaban J connectivity index is 1.43. The number of aliphatic hydroxyl groups excluding tert-OH is 2. The van der Waals surface area contributed by atoms with Crippen molar-refractivity contribution in [2.45, 2.75) is 31.0 Å². The number of fused-ring (bicyclic) bond motifs is 4. The van der Waals surface area contributed by atoms with Crippen LogP contribution in [0.4, 0.5) is 0 Å². The molecule has 8 N–H and O–H groups in total. The van der Waals surface area contributed by atoms with E-state index >= 15 is 0 Å². The van der Waals surface area contributed by atoms with E-state index < -0.39 is 58.0 Å². The molecule has 1 saturated carbocycles. The maximum absolute atomic E-state index is 13.8. The first kappa shape index (κ1) is 26.5. The van der Waals surface area contributed by atoms with Crippen LogP contribution in [0, 0.1) is 11.8 Å². The number of amides is 1. The SMILES string of the molecule is CN1CCN(Cc2ccc3cc4c(c(O)c3c2)C(O)=C2C(=O)[C@]3(O)C(O)=C(C(N)=O)C(=O)[C@@H](N)[C@@H]3C[C@@H]2C4)CC1. The lowest BCUT2D eigenvalue weighted by atomic mass is 9.58. The maximum atomic E-state index is 13.8. The number of aliphatic hydroxyl groups is 3. The van der Waals surface area contributed by atoms with Crippen LogP contribution in [0.3, 0.4) is 0 Å². The molecule has 40 heavy (non-hydrogen) atoms. The molecule has 2 aromatic carbocycles. The quantitative estimate of drug-likeness (QED) is 0.290. The van der Waals surface area contributed by atoms with Crippen molar-refractivity contribution in [2.75, 3.05) is 33.2 Å². The van der Waals surface area contributed by atoms with Gasteiger partial charge in [-0.3, -0.25) is 19.3 Å². The fraction of sp³-hybridized carbons (Fsp3) is 0.414. The maximum Gasteiger partial charge on any atom is 0.255 e. The minimum Gasteiger partial charge on any atom is -0.508 e. The number of piperazine rings is 1. The van der Waals surface area contributed by atoms with Crippen molar-refractivity contribution >= 4 is 34.0 Å². The molecule has 1 aliphatic heterocycles. The first-order valence-corrected chi connectivity index (χ1v) is 13.4. The molecule has 6 rings (SSSR count). The van der Waals surface area contributed by atoms with E-state index in [9.17, 15) is 34.8 Å². The molecule has 2 aromatic rings. The Bertz CT molecular complexity index is 1560. The number of carbonyl (C=O) groups is 3. The lowest BCUT2D eigenvalue weighted by molar-refractivity contribution is -0.149. The van der Waals surface area contributed by atoms with E-state index in [1.807, 2.05) is 24.3 Å². The van der Waals surface area contributed by atoms with E-state index in [0.717, 1.165) is 37.1 Å². The fourth-order valence-corrected chi connectivity index (χ4v) is 6.89. The van der Waals surface area contributed by atoms with Crippen molar-refractivity contribution < 1.29 is 34.8 Å². The molecule has 3 aliphatic carbocycles. The summed E-state index contributed by atoms with van der Waals surface area (Å²) in [4.78, 5) is 43.0. The molecule has 1 amide bonds. The van der Waals surface area contributed by atoms with Gasteiger partial charge in [0.2, 0.25) is 5.78 Å². The predicted molar refractivity (Wildman–Crippen MR) is 145 cm³/mol. The van der Waals surface area contributed by atoms with Crippen LogP contribution in [0.1, 0.15) is 23.1 Å². The largest absolute Gasteiger partial charge is 0.508 e. The fourth-order valence-electron chi connectivity index (χ4n) is 6.89. The van der Waals surface area contributed by atoms with Crippen molar-refractivity contribution in [1.82, 2.24) is 9.80 Å². The molecule has 1 heterocycles. The van der Waals surface area contributed by atoms with E-state index in [1.54, 1.807) is 0 Å². The number of phenols is 1. The Hall–Kier alpha value is -3.77. The number of carbonyl (C=O) groups excluding carboxylic acids is 3. The number of Topliss-reactive ketones (excluding diaryl/α,β-unsaturated/α-hetero) is 2. The standard InChI is InChI=1S/C29H32N4O7/c1-32-4-6-33(7-5-32)12-13-2-3-14-9-15-10-16-11-18-22(30)25(36)21(28(31)39)27(38)29(18,40)26(37)20(16)24(35)19(15)23(34)17(14)8-13/h2-3,8-9,16,18,22,34-35,38,40H,4-7,10-12,30H2,1H3,(H2,31,39)/t16-,18-,22-,29-/m0/s1. The molecule has 0 bridgehead atoms. The highest BCUT2D eigenvalue weighted by atomic mass is 16.3. The molecule has 11 nitrogen and oxygen atoms in total. The van der Waals surface area contributed by atoms with Crippen molar-refractivity contribution in [1.29, 1.82) is 0 Å². The molecule has 0 radical (unpaired) electrons. The van der Waals surface area contributed by atoms with Crippen molar-refractivity contribution in [3.05, 3.63) is 57.9 Å². The van der Waals surface area contributed by atoms with Gasteiger partial charge in [0, 0.05) is 49.6 Å². The molecule has 0 unspecified atom stereocenters. The van der Waals surface area contributed by atoms with E-state index in [-0.39, 0.29) is 29.7 Å². The monoisotopic (exact) mass is 548 g/mol. The van der Waals surface area contributed by atoms with E-state index in [1.165, 1.54) is 0 Å². The lowest BCUT2D eigenvalue weighted by Crippen LogP contribution is -2.65. The van der Waals surface area contributed by atoms with Crippen molar-refractivity contribution in [3.8, 4) is 5.75 Å². The normalized spacial score (nSPS) is 29.4. The zero-order valence-electron chi connectivity index (χ0n) is 22.1. The number of likely N-dealkylation sites (N-methyl/N-ethyl adjacent to an activating group) is 1. The summed E-state index contributed by atoms with van der Waals surface area (Å²) >= 11 is 0. The summed E-state index contributed by atoms with van der Waals surface area (Å²) in [5.74, 6) is -7.05. The smallest absolute Gasteiger partial charge is 0.255 e. The Kier molecular flexibility index (Phi) is 6.04. The minimum atomic E-state index is -2.71. The van der Waals surface area contributed by atoms with Gasteiger partial charge in [0.05, 0.1) is 11.6 Å². The van der Waals surface area contributed by atoms with Gasteiger partial charge in [-0.05, 0) is 48.4 Å². The number of hydrogen-bond donors (Lipinski definition) is 6. The number of ketones is 2. The van der Waals surface area contributed by atoms with Crippen LogP contribution in [-0.4, -0.2) is 92.6 Å². The second kappa shape index (κ2) is 9.13. The number of primary amides is 1. The van der Waals surface area contributed by atoms with Gasteiger partial charge in [0.1, 0.15) is 22.8 Å². The molecular formula is C29H32N4O7. The van der Waals surface area contributed by atoms with Gasteiger partial charge < -0.3 is 36.8 Å². The van der Waals surface area contributed by atoms with E-state index in [2.05, 4.69) is 16.8 Å². The lowest BCUT2D eigenvalue weighted by Gasteiger charge is -2.48. The van der Waals surface area contributed by atoms with Crippen LogP contribution in [0.2, 0.25) is 0 Å². The highest BCUT2D eigenvalue weighted by Crippen LogP contribution is 2.52. The van der Waals surface area contributed by atoms with Crippen LogP contribution in [0.25, 0.3) is 16.5 Å². The highest BCUT2D eigenvalue weighted by Gasteiger charge is 2.63. The summed E-state index contributed by atoms with van der Waals surface area (Å²) in [5, 5.41) is 46.3. The molecule has 4 aliphatic rings. The second-order valence-electron chi connectivity index (χ2n) is 11.5. The number of hydrogen-bond acceptors (Lipinski definition) is 10. The van der Waals surface area contributed by atoms with Crippen LogP contribution in [0.5, 0.6) is 5.75 Å². The first-order valence-electron chi connectivity index (χ1n) is 13.4. The summed E-state index contributed by atoms with van der Waals surface area (Å²) in [5.41, 5.74) is 9.19. The second-order valence-corrected chi connectivity index (χ2v) is 11.5. The Morgan fingerprint density at radius 3 is 2.48 bits per heavy atom. The Morgan fingerprint density at radius 1 is 1.10 bits per heavy atom. The van der Waals surface area contributed by atoms with E-state index in [0.29, 0.717) is 17.5 Å². The average Bonchev–Trinajstić information content (AvgIpc) is 2.90. The number of phenolic OH excluding ortho intramolecular Hbond substituents is 1. The third-order valence-corrected chi connectivity index (χ3v) is 9.12. The third kappa shape index (κ3) is 3.69. The van der Waals surface area contributed by atoms with Crippen molar-refractivity contribution in [2.24, 2.45) is 23.3 Å². The van der Waals surface area contributed by atoms with Gasteiger partial charge >= 0.3 is 0 Å². The topological polar surface area (TPSA) is 191 Å². The Labute approximate surface area is 230 Å². The predicted octanol–water partition coefficient (Wildman–Crippen LogP) is 0.262. The van der Waals surface area contributed by atoms with Gasteiger partial charge in [0.25, 0.3) is 5.91 Å². The van der Waals surface area contributed by atoms with Gasteiger partial charge in [-0.2, -0.15) is 0 Å². The van der Waals surface area contributed by atoms with Crippen LogP contribution < -0.4 is 11.5 Å². The summed E-state index contributed by atoms with van der Waals surface area (Å²) in [6, 6.07) is 6.21. The average molecular weight is 549 g/mol. The van der Waals surface area contributed by atoms with Gasteiger partial charge in [-0.25, -0.2) is 0 Å². The summed E-state index contributed by atoms with van der Waals surface area (Å²) in [6.45, 7) is 4.51. The number of rotatable bonds is 3. The zero-order valence-corrected chi connectivity index (χ0v) is 22.1. The summed E-state index contributed by atoms with van der Waals surface area (Å²) in [7, 11) is 2.09. The van der Waals surface area contributed by atoms with Gasteiger partial charge in [-0.1, -0.05) is 18.2 Å². The molecule has 0 aromatic heterocycles. The zero-order chi connectivity index (χ0) is 28.7. The molecular weight excluding hydrogens is 516 g/mol.